The van der Waals surface area contributed by atoms with Crippen molar-refractivity contribution in [3.63, 3.8) is 0 Å². The van der Waals surface area contributed by atoms with Gasteiger partial charge in [-0.15, -0.1) is 11.3 Å². The Hall–Kier alpha value is -3.30. The Morgan fingerprint density at radius 3 is 2.92 bits per heavy atom. The third kappa shape index (κ3) is 3.01. The predicted molar refractivity (Wildman–Crippen MR) is 100 cm³/mol. The molecular weight excluding hydrogens is 348 g/mol. The van der Waals surface area contributed by atoms with E-state index in [1.807, 2.05) is 47.8 Å². The van der Waals surface area contributed by atoms with Crippen LogP contribution in [0.3, 0.4) is 0 Å². The SMILES string of the molecule is COc1ccccc1/C=C(/C#N)c1nc(-c2ccc3c(c2)OCO3)cs1. The maximum atomic E-state index is 9.58. The Labute approximate surface area is 154 Å². The van der Waals surface area contributed by atoms with E-state index in [0.29, 0.717) is 22.1 Å². The predicted octanol–water partition coefficient (Wildman–Crippen LogP) is 4.61. The van der Waals surface area contributed by atoms with Crippen LogP contribution in [0.25, 0.3) is 22.9 Å². The Bertz CT molecular complexity index is 1030. The Morgan fingerprint density at radius 2 is 2.08 bits per heavy atom. The van der Waals surface area contributed by atoms with Crippen LogP contribution in [0.15, 0.2) is 47.8 Å². The largest absolute Gasteiger partial charge is 0.496 e. The van der Waals surface area contributed by atoms with Crippen molar-refractivity contribution in [3.05, 3.63) is 58.4 Å². The summed E-state index contributed by atoms with van der Waals surface area (Å²) in [6.45, 7) is 0.237. The molecule has 2 heterocycles. The number of nitrogens with zero attached hydrogens (tertiary/aromatic N) is 2. The number of hydrogen-bond donors (Lipinski definition) is 0. The number of ether oxygens (including phenoxy) is 3. The summed E-state index contributed by atoms with van der Waals surface area (Å²) in [5.41, 5.74) is 3.05. The minimum Gasteiger partial charge on any atom is -0.496 e. The molecule has 1 aromatic heterocycles. The van der Waals surface area contributed by atoms with E-state index in [1.54, 1.807) is 13.2 Å². The van der Waals surface area contributed by atoms with Gasteiger partial charge in [-0.1, -0.05) is 18.2 Å². The number of methoxy groups -OCH3 is 1. The zero-order valence-corrected chi connectivity index (χ0v) is 14.7. The fourth-order valence-corrected chi connectivity index (χ4v) is 3.46. The van der Waals surface area contributed by atoms with Crippen molar-refractivity contribution in [3.8, 4) is 34.6 Å². The molecule has 6 heteroatoms. The van der Waals surface area contributed by atoms with Crippen molar-refractivity contribution in [2.45, 2.75) is 0 Å². The van der Waals surface area contributed by atoms with Crippen LogP contribution in [0.5, 0.6) is 17.2 Å². The van der Waals surface area contributed by atoms with Crippen LogP contribution in [0.4, 0.5) is 0 Å². The molecule has 0 N–H and O–H groups in total. The molecule has 0 fully saturated rings. The molecule has 0 saturated carbocycles. The molecule has 0 amide bonds. The molecule has 5 nitrogen and oxygen atoms in total. The van der Waals surface area contributed by atoms with Gasteiger partial charge in [-0.2, -0.15) is 5.26 Å². The average Bonchev–Trinajstić information content (AvgIpc) is 3.35. The summed E-state index contributed by atoms with van der Waals surface area (Å²) >= 11 is 1.43. The molecule has 2 aromatic carbocycles. The average molecular weight is 362 g/mol. The summed E-state index contributed by atoms with van der Waals surface area (Å²) in [7, 11) is 1.61. The number of allylic oxidation sites excluding steroid dienone is 1. The molecule has 128 valence electrons. The van der Waals surface area contributed by atoms with E-state index >= 15 is 0 Å². The first kappa shape index (κ1) is 16.2. The van der Waals surface area contributed by atoms with E-state index in [1.165, 1.54) is 11.3 Å². The monoisotopic (exact) mass is 362 g/mol. The highest BCUT2D eigenvalue weighted by atomic mass is 32.1. The quantitative estimate of drug-likeness (QED) is 0.634. The third-order valence-electron chi connectivity index (χ3n) is 3.96. The molecule has 0 aliphatic carbocycles. The second kappa shape index (κ2) is 6.90. The molecule has 0 bridgehead atoms. The van der Waals surface area contributed by atoms with Crippen LogP contribution < -0.4 is 14.2 Å². The van der Waals surface area contributed by atoms with Gasteiger partial charge in [0.1, 0.15) is 16.8 Å². The van der Waals surface area contributed by atoms with Crippen molar-refractivity contribution in [1.29, 1.82) is 5.26 Å². The molecule has 3 aromatic rings. The van der Waals surface area contributed by atoms with Gasteiger partial charge >= 0.3 is 0 Å². The molecule has 4 rings (SSSR count). The minimum absolute atomic E-state index is 0.237. The van der Waals surface area contributed by atoms with Crippen LogP contribution in [0.2, 0.25) is 0 Å². The third-order valence-corrected chi connectivity index (χ3v) is 4.84. The molecule has 0 unspecified atom stereocenters. The van der Waals surface area contributed by atoms with Gasteiger partial charge in [-0.3, -0.25) is 0 Å². The fourth-order valence-electron chi connectivity index (χ4n) is 2.67. The topological polar surface area (TPSA) is 64.4 Å². The minimum atomic E-state index is 0.237. The van der Waals surface area contributed by atoms with E-state index < -0.39 is 0 Å². The number of aromatic nitrogens is 1. The Morgan fingerprint density at radius 1 is 1.23 bits per heavy atom. The zero-order chi connectivity index (χ0) is 17.9. The maximum Gasteiger partial charge on any atom is 0.231 e. The lowest BCUT2D eigenvalue weighted by Crippen LogP contribution is -1.92. The number of thiazole rings is 1. The van der Waals surface area contributed by atoms with Gasteiger partial charge in [0, 0.05) is 16.5 Å². The van der Waals surface area contributed by atoms with Crippen molar-refractivity contribution in [2.75, 3.05) is 13.9 Å². The van der Waals surface area contributed by atoms with Crippen molar-refractivity contribution < 1.29 is 14.2 Å². The van der Waals surface area contributed by atoms with Crippen LogP contribution >= 0.6 is 11.3 Å². The van der Waals surface area contributed by atoms with E-state index in [2.05, 4.69) is 11.1 Å². The highest BCUT2D eigenvalue weighted by molar-refractivity contribution is 7.11. The van der Waals surface area contributed by atoms with Gasteiger partial charge in [0.15, 0.2) is 11.5 Å². The second-order valence-electron chi connectivity index (χ2n) is 5.52. The van der Waals surface area contributed by atoms with Crippen LogP contribution in [0.1, 0.15) is 10.6 Å². The van der Waals surface area contributed by atoms with E-state index in [0.717, 1.165) is 22.6 Å². The van der Waals surface area contributed by atoms with Crippen molar-refractivity contribution >= 4 is 23.0 Å². The van der Waals surface area contributed by atoms with Gasteiger partial charge < -0.3 is 14.2 Å². The van der Waals surface area contributed by atoms with Crippen LogP contribution in [-0.4, -0.2) is 18.9 Å². The highest BCUT2D eigenvalue weighted by Crippen LogP contribution is 2.37. The molecule has 1 aliphatic rings. The van der Waals surface area contributed by atoms with E-state index in [-0.39, 0.29) is 6.79 Å². The van der Waals surface area contributed by atoms with Gasteiger partial charge in [-0.05, 0) is 30.3 Å². The lowest BCUT2D eigenvalue weighted by atomic mass is 10.1. The molecule has 0 radical (unpaired) electrons. The number of nitriles is 1. The number of rotatable bonds is 4. The molecule has 1 aliphatic heterocycles. The Kier molecular flexibility index (Phi) is 4.30. The van der Waals surface area contributed by atoms with Gasteiger partial charge in [-0.25, -0.2) is 4.98 Å². The highest BCUT2D eigenvalue weighted by Gasteiger charge is 2.16. The number of fused-ring (bicyclic) bond motifs is 1. The molecule has 0 saturated heterocycles. The first-order valence-electron chi connectivity index (χ1n) is 7.89. The number of benzene rings is 2. The maximum absolute atomic E-state index is 9.58. The molecule has 0 spiro atoms. The first-order valence-corrected chi connectivity index (χ1v) is 8.77. The summed E-state index contributed by atoms with van der Waals surface area (Å²) in [6.07, 6.45) is 1.79. The summed E-state index contributed by atoms with van der Waals surface area (Å²) < 4.78 is 16.1. The van der Waals surface area contributed by atoms with Gasteiger partial charge in [0.2, 0.25) is 6.79 Å². The molecule has 0 atom stereocenters. The summed E-state index contributed by atoms with van der Waals surface area (Å²) in [5, 5.41) is 12.2. The second-order valence-corrected chi connectivity index (χ2v) is 6.38. The van der Waals surface area contributed by atoms with Crippen LogP contribution in [-0.2, 0) is 0 Å². The Balaban J connectivity index is 1.68. The smallest absolute Gasteiger partial charge is 0.231 e. The fraction of sp³-hybridized carbons (Fsp3) is 0.100. The lowest BCUT2D eigenvalue weighted by molar-refractivity contribution is 0.174. The summed E-state index contributed by atoms with van der Waals surface area (Å²) in [5.74, 6) is 2.16. The van der Waals surface area contributed by atoms with Crippen molar-refractivity contribution in [2.24, 2.45) is 0 Å². The van der Waals surface area contributed by atoms with E-state index in [9.17, 15) is 5.26 Å². The number of hydrogen-bond acceptors (Lipinski definition) is 6. The summed E-state index contributed by atoms with van der Waals surface area (Å²) in [6, 6.07) is 15.5. The van der Waals surface area contributed by atoms with Crippen LogP contribution in [0, 0.1) is 11.3 Å². The lowest BCUT2D eigenvalue weighted by Gasteiger charge is -2.04. The number of para-hydroxylation sites is 1. The summed E-state index contributed by atoms with van der Waals surface area (Å²) in [4.78, 5) is 4.62. The molecular formula is C20H14N2O3S. The normalized spacial score (nSPS) is 12.7. The van der Waals surface area contributed by atoms with Gasteiger partial charge in [0.25, 0.3) is 0 Å². The zero-order valence-electron chi connectivity index (χ0n) is 13.9. The van der Waals surface area contributed by atoms with Crippen molar-refractivity contribution in [1.82, 2.24) is 4.98 Å². The molecule has 26 heavy (non-hydrogen) atoms. The van der Waals surface area contributed by atoms with E-state index in [4.69, 9.17) is 14.2 Å². The standard InChI is InChI=1S/C20H14N2O3S/c1-23-17-5-3-2-4-14(17)8-15(10-21)20-22-16(11-26-20)13-6-7-18-19(9-13)25-12-24-18/h2-9,11H,12H2,1H3/b15-8-. The first-order chi connectivity index (χ1) is 12.8. The van der Waals surface area contributed by atoms with Gasteiger partial charge in [0.05, 0.1) is 18.4 Å².